The number of benzene rings is 4. The number of nitrogens with zero attached hydrogens (tertiary/aromatic N) is 6. The van der Waals surface area contributed by atoms with E-state index in [-0.39, 0.29) is 375 Å². The van der Waals surface area contributed by atoms with E-state index in [2.05, 4.69) is 34.4 Å². The van der Waals surface area contributed by atoms with Gasteiger partial charge >= 0.3 is 0 Å². The van der Waals surface area contributed by atoms with E-state index in [4.69, 9.17) is 61.6 Å². The number of unbranched alkanes of at least 4 members (excludes halogenated alkanes) is 3. The molecule has 0 heterocycles. The van der Waals surface area contributed by atoms with Gasteiger partial charge in [0.2, 0.25) is 5.28 Å². The van der Waals surface area contributed by atoms with E-state index >= 15 is 0 Å². The van der Waals surface area contributed by atoms with Gasteiger partial charge in [-0.15, -0.1) is 9.92 Å². The summed E-state index contributed by atoms with van der Waals surface area (Å²) in [6.45, 7) is 4.92. The molecule has 0 spiro atoms. The van der Waals surface area contributed by atoms with Gasteiger partial charge in [0, 0.05) is 356 Å². The van der Waals surface area contributed by atoms with E-state index < -0.39 is 50.3 Å². The Kier molecular flexibility index (Phi) is 131. The Hall–Kier alpha value is 3.49. The minimum absolute atomic E-state index is 0. The molecule has 0 radical (unpaired) electrons. The number of hydrogen-bond donors (Lipinski definition) is 22. The van der Waals surface area contributed by atoms with Gasteiger partial charge in [-0.3, -0.25) is 5.21 Å². The summed E-state index contributed by atoms with van der Waals surface area (Å²) in [5.74, 6) is 0. The molecular formula is C46H75N10O22Zn16+. The van der Waals surface area contributed by atoms with Crippen molar-refractivity contribution in [3.63, 3.8) is 0 Å². The normalized spacial score (nSPS) is 9.18. The van der Waals surface area contributed by atoms with Gasteiger partial charge in [-0.05, 0) is 67.2 Å². The molecule has 0 aliphatic carbocycles. The molecule has 32 nitrogen and oxygen atoms in total. The fraction of sp³-hybridized carbons (Fsp3) is 0.478. The number of aliphatic hydroxyl groups excluding tert-OH is 8. The maximum atomic E-state index is 11.6. The Balaban J connectivity index is -0.0000000478. The van der Waals surface area contributed by atoms with Crippen LogP contribution in [0.4, 0.5) is 11.4 Å². The maximum absolute atomic E-state index is 11.6. The zero-order valence-electron chi connectivity index (χ0n) is 54.0. The number of nitrogens with one attached hydrogen (secondary N) is 2. The van der Waals surface area contributed by atoms with Crippen LogP contribution in [0.1, 0.15) is 158 Å². The molecule has 472 valence electrons. The zero-order valence-corrected chi connectivity index (χ0v) is 101. The summed E-state index contributed by atoms with van der Waals surface area (Å²) in [5, 5.41) is 183. The molecule has 94 heavy (non-hydrogen) atoms. The number of rotatable bonds is 25. The number of anilines is 2. The topological polar surface area (TPSA) is 577 Å². The predicted octanol–water partition coefficient (Wildman–Crippen LogP) is 0.0682. The van der Waals surface area contributed by atoms with Crippen molar-refractivity contribution < 1.29 is 414 Å². The number of aliphatic hydroxyl groups is 16. The van der Waals surface area contributed by atoms with E-state index in [1.807, 2.05) is 6.92 Å². The summed E-state index contributed by atoms with van der Waals surface area (Å²) in [6, 6.07) is 16.5. The molecule has 0 saturated carbocycles. The van der Waals surface area contributed by atoms with Crippen LogP contribution < -0.4 is 21.5 Å². The van der Waals surface area contributed by atoms with Crippen molar-refractivity contribution in [2.24, 2.45) is 16.3 Å². The molecule has 0 aliphatic heterocycles. The van der Waals surface area contributed by atoms with Gasteiger partial charge in [0.15, 0.2) is 50.3 Å². The van der Waals surface area contributed by atoms with Crippen LogP contribution in [0.3, 0.4) is 0 Å². The minimum atomic E-state index is -1.89. The molecule has 4 aromatic rings. The fourth-order valence-electron chi connectivity index (χ4n) is 6.85. The first kappa shape index (κ1) is 144. The maximum Gasteiger partial charge on any atom is 0.231 e. The molecule has 0 aliphatic rings. The number of nitrogens with two attached hydrogens (primary N) is 1. The van der Waals surface area contributed by atoms with Crippen molar-refractivity contribution in [2.75, 3.05) is 36.2 Å². The molecular weight excluding hydrogens is 2090 g/mol. The summed E-state index contributed by atoms with van der Waals surface area (Å²) < 4.78 is 0. The Morgan fingerprint density at radius 2 is 0.755 bits per heavy atom. The van der Waals surface area contributed by atoms with E-state index in [0.29, 0.717) is 60.0 Å². The Morgan fingerprint density at radius 1 is 0.457 bits per heavy atom. The van der Waals surface area contributed by atoms with Gasteiger partial charge < -0.3 is 104 Å². The third-order valence-electron chi connectivity index (χ3n) is 10.7. The van der Waals surface area contributed by atoms with Gasteiger partial charge in [-0.1, -0.05) is 105 Å². The Labute approximate surface area is 748 Å². The third-order valence-corrected chi connectivity index (χ3v) is 10.7. The van der Waals surface area contributed by atoms with Gasteiger partial charge in [0.1, 0.15) is 11.0 Å². The van der Waals surface area contributed by atoms with Crippen LogP contribution in [0.25, 0.3) is 0 Å². The van der Waals surface area contributed by atoms with Gasteiger partial charge in [-0.25, -0.2) is 5.01 Å². The van der Waals surface area contributed by atoms with Crippen molar-refractivity contribution in [1.29, 1.82) is 11.2 Å². The summed E-state index contributed by atoms with van der Waals surface area (Å²) in [4.78, 5) is 25.3. The van der Waals surface area contributed by atoms with Crippen LogP contribution in [-0.4, -0.2) is 129 Å². The first-order valence-electron chi connectivity index (χ1n) is 23.5. The van der Waals surface area contributed by atoms with Crippen LogP contribution in [0.15, 0.2) is 83.4 Å². The average molecular weight is 2170 g/mol. The monoisotopic (exact) mass is 2140 g/mol. The fourth-order valence-corrected chi connectivity index (χ4v) is 6.85. The predicted molar refractivity (Wildman–Crippen MR) is 271 cm³/mol. The number of aryl methyl sites for hydroxylation is 2. The minimum Gasteiger partial charge on any atom is -0.569 e. The van der Waals surface area contributed by atoms with Crippen LogP contribution in [0.5, 0.6) is 0 Å². The van der Waals surface area contributed by atoms with Gasteiger partial charge in [0.25, 0.3) is 0 Å². The number of hydrogen-bond acceptors (Lipinski definition) is 27. The molecule has 4 rings (SSSR count). The SMILES string of the molecule is CCCCCc1cc(C(O)O)ccc1C(O)O.CCCCN(c1cc(C(O)O)ccc1C(O)O)/[N+]([O-])=N/O.N=O.N=O.NCCCc1cc(C(O)O)ccc1C(O)O.[NH3+]CCN(c1cc(C(O)O)ccc1C(O)O)N(O)N=O.[Zn].[Zn].[Zn].[Zn].[Zn].[Zn].[Zn].[Zn].[Zn].[Zn].[Zn].[Zn].[Zn].[Zn].[Zn].[Zn]. The van der Waals surface area contributed by atoms with Crippen LogP contribution in [0.2, 0.25) is 0 Å². The largest absolute Gasteiger partial charge is 0.569 e. The van der Waals surface area contributed by atoms with Crippen molar-refractivity contribution in [3.8, 4) is 0 Å². The second-order valence-corrected chi connectivity index (χ2v) is 16.0. The van der Waals surface area contributed by atoms with Gasteiger partial charge in [0.05, 0.1) is 30.3 Å². The summed E-state index contributed by atoms with van der Waals surface area (Å²) in [5.41, 5.74) is 20.9. The molecule has 25 N–H and O–H groups in total. The standard InChI is InChI=1S/C13H20O4.C12H19N3O6.C11H17NO4.C10H16N4O6.2HNO.16Zn/c1-2-3-4-5-9-8-10(12(14)15)6-7-11(9)13(16)17;1-2-3-6-14(15(21)13-20)10-7-8(11(16)17)4-5-9(10)12(18)19;12-5-1-2-7-6-8(10(13)14)3-4-9(7)11(15)16;11-3-4-13(14(20)12-19)8-5-6(9(15)16)1-2-7(8)10(17)18;2*1-2;;;;;;;;;;;;;;;;/h6-8,12-17H,2-5H2,1H3;4-5,7,11-12,16-20H,2-3,6H2,1H3;3-4,6,10-11,13-16H,1-2,5,12H2;1-2,5,9-10,15-18,20H,3-4,11H2;2*1H;;;;;;;;;;;;;;;;/p+1/b;15-13-;;;;;;;;;;;;;;;;;;;;. The van der Waals surface area contributed by atoms with Gasteiger partial charge in [-0.2, -0.15) is 9.81 Å². The first-order valence-corrected chi connectivity index (χ1v) is 23.5. The molecule has 0 bridgehead atoms. The second kappa shape index (κ2) is 85.4. The molecule has 0 aromatic heterocycles. The zero-order chi connectivity index (χ0) is 60.2. The summed E-state index contributed by atoms with van der Waals surface area (Å²) in [6.07, 6.45) is -7.10. The first-order chi connectivity index (χ1) is 36.9. The quantitative estimate of drug-likeness (QED) is 0.00794. The Bertz CT molecular complexity index is 2360. The van der Waals surface area contributed by atoms with E-state index in [1.54, 1.807) is 12.1 Å². The third kappa shape index (κ3) is 55.9. The molecule has 0 amide bonds. The van der Waals surface area contributed by atoms with E-state index in [1.165, 1.54) is 60.7 Å². The summed E-state index contributed by atoms with van der Waals surface area (Å²) in [7, 11) is 0. The summed E-state index contributed by atoms with van der Waals surface area (Å²) >= 11 is 0. The average Bonchev–Trinajstić information content (AvgIpc) is 3.42. The van der Waals surface area contributed by atoms with E-state index in [9.17, 15) is 56.2 Å². The molecule has 48 heteroatoms. The Morgan fingerprint density at radius 3 is 1.03 bits per heavy atom. The van der Waals surface area contributed by atoms with Crippen molar-refractivity contribution >= 4 is 11.4 Å². The molecule has 0 saturated heterocycles. The van der Waals surface area contributed by atoms with Crippen molar-refractivity contribution in [3.05, 3.63) is 148 Å². The number of nitroso groups, excluding NO2 is 3. The molecule has 0 unspecified atom stereocenters. The second-order valence-electron chi connectivity index (χ2n) is 16.0. The van der Waals surface area contributed by atoms with Crippen molar-refractivity contribution in [1.82, 2.24) is 5.28 Å². The van der Waals surface area contributed by atoms with E-state index in [0.717, 1.165) is 41.3 Å². The smallest absolute Gasteiger partial charge is 0.231 e. The van der Waals surface area contributed by atoms with Crippen LogP contribution >= 0.6 is 0 Å². The number of hydrazine groups is 2. The van der Waals surface area contributed by atoms with Crippen LogP contribution in [0, 0.1) is 31.1 Å². The number of quaternary nitrogens is 1. The van der Waals surface area contributed by atoms with Crippen LogP contribution in [-0.2, 0) is 324 Å². The van der Waals surface area contributed by atoms with Crippen molar-refractivity contribution in [2.45, 2.75) is 116 Å². The molecule has 0 atom stereocenters. The molecule has 4 aromatic carbocycles. The molecule has 0 fully saturated rings.